The van der Waals surface area contributed by atoms with Gasteiger partial charge in [0.05, 0.1) is 36.5 Å². The summed E-state index contributed by atoms with van der Waals surface area (Å²) in [5.74, 6) is -0.0465. The van der Waals surface area contributed by atoms with Gasteiger partial charge in [0.25, 0.3) is 5.91 Å². The highest BCUT2D eigenvalue weighted by Gasteiger charge is 2.20. The molecule has 0 spiro atoms. The van der Waals surface area contributed by atoms with Crippen molar-refractivity contribution in [1.82, 2.24) is 9.78 Å². The van der Waals surface area contributed by atoms with Crippen LogP contribution in [0.15, 0.2) is 48.5 Å². The van der Waals surface area contributed by atoms with Crippen LogP contribution in [0.4, 0.5) is 5.69 Å². The van der Waals surface area contributed by atoms with Gasteiger partial charge in [0, 0.05) is 5.56 Å². The third-order valence-electron chi connectivity index (χ3n) is 4.50. The van der Waals surface area contributed by atoms with Gasteiger partial charge in [-0.3, -0.25) is 4.79 Å². The molecule has 3 aromatic rings. The number of anilines is 1. The van der Waals surface area contributed by atoms with Crippen molar-refractivity contribution in [2.24, 2.45) is 0 Å². The highest BCUT2D eigenvalue weighted by molar-refractivity contribution is 6.05. The minimum atomic E-state index is -0.387. The second-order valence-electron chi connectivity index (χ2n) is 6.38. The standard InChI is InChI=1S/C22H23N3O4/c1-5-29-22(27)20-14(2)24-25(15(20)3)17-12-10-16(11-13-17)21(26)23-18-8-6-7-9-19(18)28-4/h6-13H,5H2,1-4H3,(H,23,26). The number of nitrogens with one attached hydrogen (secondary N) is 1. The normalized spacial score (nSPS) is 10.5. The first-order valence-electron chi connectivity index (χ1n) is 9.24. The summed E-state index contributed by atoms with van der Waals surface area (Å²) in [6.07, 6.45) is 0. The number of methoxy groups -OCH3 is 1. The largest absolute Gasteiger partial charge is 0.495 e. The van der Waals surface area contributed by atoms with E-state index in [1.54, 1.807) is 62.0 Å². The van der Waals surface area contributed by atoms with Crippen LogP contribution < -0.4 is 10.1 Å². The average Bonchev–Trinajstić information content (AvgIpc) is 3.02. The highest BCUT2D eigenvalue weighted by atomic mass is 16.5. The van der Waals surface area contributed by atoms with Gasteiger partial charge in [-0.15, -0.1) is 0 Å². The molecule has 1 N–H and O–H groups in total. The van der Waals surface area contributed by atoms with E-state index < -0.39 is 0 Å². The maximum Gasteiger partial charge on any atom is 0.341 e. The van der Waals surface area contributed by atoms with Crippen molar-refractivity contribution in [3.8, 4) is 11.4 Å². The fourth-order valence-corrected chi connectivity index (χ4v) is 3.09. The van der Waals surface area contributed by atoms with E-state index in [1.165, 1.54) is 0 Å². The molecule has 0 fully saturated rings. The van der Waals surface area contributed by atoms with E-state index in [9.17, 15) is 9.59 Å². The molecule has 29 heavy (non-hydrogen) atoms. The molecule has 0 saturated heterocycles. The lowest BCUT2D eigenvalue weighted by Gasteiger charge is -2.10. The molecule has 3 rings (SSSR count). The van der Waals surface area contributed by atoms with Gasteiger partial charge in [-0.05, 0) is 57.2 Å². The number of aryl methyl sites for hydroxylation is 1. The molecule has 0 saturated carbocycles. The first-order chi connectivity index (χ1) is 14.0. The molecule has 0 radical (unpaired) electrons. The molecule has 1 aromatic heterocycles. The summed E-state index contributed by atoms with van der Waals surface area (Å²) in [6, 6.07) is 14.2. The number of carbonyl (C=O) groups excluding carboxylic acids is 2. The van der Waals surface area contributed by atoms with E-state index in [2.05, 4.69) is 10.4 Å². The van der Waals surface area contributed by atoms with Crippen LogP contribution in [0.2, 0.25) is 0 Å². The molecule has 0 unspecified atom stereocenters. The molecule has 0 atom stereocenters. The zero-order valence-electron chi connectivity index (χ0n) is 16.9. The quantitative estimate of drug-likeness (QED) is 0.642. The summed E-state index contributed by atoms with van der Waals surface area (Å²) in [4.78, 5) is 24.7. The van der Waals surface area contributed by atoms with E-state index in [4.69, 9.17) is 9.47 Å². The van der Waals surface area contributed by atoms with Gasteiger partial charge >= 0.3 is 5.97 Å². The molecular weight excluding hydrogens is 370 g/mol. The van der Waals surface area contributed by atoms with E-state index in [-0.39, 0.29) is 11.9 Å². The fourth-order valence-electron chi connectivity index (χ4n) is 3.09. The molecule has 1 heterocycles. The van der Waals surface area contributed by atoms with Gasteiger partial charge in [0.15, 0.2) is 0 Å². The summed E-state index contributed by atoms with van der Waals surface area (Å²) in [6.45, 7) is 5.65. The first-order valence-corrected chi connectivity index (χ1v) is 9.24. The second kappa shape index (κ2) is 8.60. The van der Waals surface area contributed by atoms with Gasteiger partial charge in [0.2, 0.25) is 0 Å². The second-order valence-corrected chi connectivity index (χ2v) is 6.38. The number of para-hydroxylation sites is 2. The Morgan fingerprint density at radius 3 is 2.41 bits per heavy atom. The predicted molar refractivity (Wildman–Crippen MR) is 110 cm³/mol. The lowest BCUT2D eigenvalue weighted by molar-refractivity contribution is 0.0524. The summed E-state index contributed by atoms with van der Waals surface area (Å²) < 4.78 is 12.0. The zero-order chi connectivity index (χ0) is 21.0. The van der Waals surface area contributed by atoms with Gasteiger partial charge in [-0.25, -0.2) is 9.48 Å². The number of amides is 1. The molecule has 0 bridgehead atoms. The van der Waals surface area contributed by atoms with Crippen molar-refractivity contribution in [3.63, 3.8) is 0 Å². The molecule has 7 heteroatoms. The van der Waals surface area contributed by atoms with Crippen LogP contribution in [0.1, 0.15) is 39.0 Å². The minimum Gasteiger partial charge on any atom is -0.495 e. The molecule has 0 aliphatic heterocycles. The van der Waals surface area contributed by atoms with Crippen LogP contribution in [-0.2, 0) is 4.74 Å². The van der Waals surface area contributed by atoms with Crippen molar-refractivity contribution in [3.05, 3.63) is 71.0 Å². The Labute approximate surface area is 169 Å². The van der Waals surface area contributed by atoms with Gasteiger partial charge in [-0.2, -0.15) is 5.10 Å². The minimum absolute atomic E-state index is 0.248. The van der Waals surface area contributed by atoms with E-state index in [0.717, 1.165) is 5.69 Å². The van der Waals surface area contributed by atoms with Crippen LogP contribution in [0.25, 0.3) is 5.69 Å². The van der Waals surface area contributed by atoms with Gasteiger partial charge < -0.3 is 14.8 Å². The molecule has 7 nitrogen and oxygen atoms in total. The van der Waals surface area contributed by atoms with Crippen molar-refractivity contribution in [2.45, 2.75) is 20.8 Å². The summed E-state index contributed by atoms with van der Waals surface area (Å²) in [5, 5.41) is 7.29. The first kappa shape index (κ1) is 20.1. The van der Waals surface area contributed by atoms with Gasteiger partial charge in [0.1, 0.15) is 11.3 Å². The summed E-state index contributed by atoms with van der Waals surface area (Å²) in [5.41, 5.74) is 3.58. The van der Waals surface area contributed by atoms with Crippen molar-refractivity contribution >= 4 is 17.6 Å². The molecule has 2 aromatic carbocycles. The summed E-state index contributed by atoms with van der Waals surface area (Å²) >= 11 is 0. The SMILES string of the molecule is CCOC(=O)c1c(C)nn(-c2ccc(C(=O)Nc3ccccc3OC)cc2)c1C. The highest BCUT2D eigenvalue weighted by Crippen LogP contribution is 2.24. The zero-order valence-corrected chi connectivity index (χ0v) is 16.9. The topological polar surface area (TPSA) is 82.5 Å². The monoisotopic (exact) mass is 393 g/mol. The van der Waals surface area contributed by atoms with Crippen LogP contribution in [0, 0.1) is 13.8 Å². The number of esters is 1. The Hall–Kier alpha value is -3.61. The number of rotatable bonds is 6. The van der Waals surface area contributed by atoms with Crippen LogP contribution in [0.3, 0.4) is 0 Å². The van der Waals surface area contributed by atoms with Crippen LogP contribution in [-0.4, -0.2) is 35.4 Å². The molecule has 1 amide bonds. The molecule has 0 aliphatic carbocycles. The summed E-state index contributed by atoms with van der Waals surface area (Å²) in [7, 11) is 1.55. The Kier molecular flexibility index (Phi) is 5.97. The third-order valence-corrected chi connectivity index (χ3v) is 4.50. The number of benzene rings is 2. The Bertz CT molecular complexity index is 1040. The van der Waals surface area contributed by atoms with Gasteiger partial charge in [-0.1, -0.05) is 12.1 Å². The van der Waals surface area contributed by atoms with Crippen LogP contribution in [0.5, 0.6) is 5.75 Å². The maximum absolute atomic E-state index is 12.6. The number of aromatic nitrogens is 2. The third kappa shape index (κ3) is 4.13. The van der Waals surface area contributed by atoms with E-state index in [1.807, 2.05) is 19.1 Å². The number of hydrogen-bond donors (Lipinski definition) is 1. The fraction of sp³-hybridized carbons (Fsp3) is 0.227. The number of nitrogens with zero attached hydrogens (tertiary/aromatic N) is 2. The van der Waals surface area contributed by atoms with Crippen molar-refractivity contribution in [2.75, 3.05) is 19.0 Å². The molecule has 0 aliphatic rings. The Morgan fingerprint density at radius 2 is 1.76 bits per heavy atom. The van der Waals surface area contributed by atoms with E-state index in [0.29, 0.717) is 40.6 Å². The van der Waals surface area contributed by atoms with Crippen molar-refractivity contribution in [1.29, 1.82) is 0 Å². The number of hydrogen-bond acceptors (Lipinski definition) is 5. The smallest absolute Gasteiger partial charge is 0.341 e. The molecular formula is C22H23N3O4. The van der Waals surface area contributed by atoms with Crippen LogP contribution >= 0.6 is 0 Å². The lowest BCUT2D eigenvalue weighted by Crippen LogP contribution is -2.13. The number of ether oxygens (including phenoxy) is 2. The van der Waals surface area contributed by atoms with Crippen molar-refractivity contribution < 1.29 is 19.1 Å². The predicted octanol–water partition coefficient (Wildman–Crippen LogP) is 3.93. The lowest BCUT2D eigenvalue weighted by atomic mass is 10.1. The molecule has 150 valence electrons. The number of carbonyl (C=O) groups is 2. The maximum atomic E-state index is 12.6. The average molecular weight is 393 g/mol. The Morgan fingerprint density at radius 1 is 1.07 bits per heavy atom. The van der Waals surface area contributed by atoms with E-state index >= 15 is 0 Å². The Balaban J connectivity index is 1.83.